The first-order chi connectivity index (χ1) is 7.36. The van der Waals surface area contributed by atoms with Crippen molar-refractivity contribution < 1.29 is 0 Å². The van der Waals surface area contributed by atoms with Gasteiger partial charge in [0, 0.05) is 18.4 Å². The largest absolute Gasteiger partial charge is 0.271 e. The fraction of sp³-hybridized carbons (Fsp3) is 0.583. The summed E-state index contributed by atoms with van der Waals surface area (Å²) in [6.07, 6.45) is 9.48. The zero-order valence-electron chi connectivity index (χ0n) is 9.45. The first-order valence-electron chi connectivity index (χ1n) is 5.71. The van der Waals surface area contributed by atoms with Gasteiger partial charge in [-0.1, -0.05) is 19.8 Å². The van der Waals surface area contributed by atoms with Crippen molar-refractivity contribution in [2.45, 2.75) is 45.1 Å². The van der Waals surface area contributed by atoms with Gasteiger partial charge in [-0.2, -0.15) is 0 Å². The molecule has 1 atom stereocenters. The van der Waals surface area contributed by atoms with Crippen LogP contribution in [-0.4, -0.2) is 11.0 Å². The summed E-state index contributed by atoms with van der Waals surface area (Å²) in [5.41, 5.74) is 4.23. The molecule has 3 nitrogen and oxygen atoms in total. The van der Waals surface area contributed by atoms with E-state index < -0.39 is 0 Å². The van der Waals surface area contributed by atoms with Crippen molar-refractivity contribution in [2.24, 2.45) is 5.84 Å². The van der Waals surface area contributed by atoms with Gasteiger partial charge in [0.15, 0.2) is 0 Å². The van der Waals surface area contributed by atoms with E-state index in [-0.39, 0.29) is 0 Å². The molecule has 3 heteroatoms. The van der Waals surface area contributed by atoms with Crippen LogP contribution in [0.3, 0.4) is 0 Å². The number of nitrogens with zero attached hydrogens (tertiary/aromatic N) is 1. The van der Waals surface area contributed by atoms with Gasteiger partial charge in [0.1, 0.15) is 0 Å². The molecule has 0 spiro atoms. The lowest BCUT2D eigenvalue weighted by Crippen LogP contribution is -2.35. The maximum atomic E-state index is 5.52. The Bertz CT molecular complexity index is 248. The lowest BCUT2D eigenvalue weighted by molar-refractivity contribution is 0.449. The lowest BCUT2D eigenvalue weighted by atomic mass is 10.0. The highest BCUT2D eigenvalue weighted by atomic mass is 15.2. The van der Waals surface area contributed by atoms with Crippen molar-refractivity contribution >= 4 is 0 Å². The van der Waals surface area contributed by atoms with E-state index in [0.29, 0.717) is 6.04 Å². The van der Waals surface area contributed by atoms with Crippen LogP contribution in [0.2, 0.25) is 0 Å². The first-order valence-corrected chi connectivity index (χ1v) is 5.71. The summed E-state index contributed by atoms with van der Waals surface area (Å²) < 4.78 is 0. The van der Waals surface area contributed by atoms with Crippen LogP contribution in [0, 0.1) is 0 Å². The summed E-state index contributed by atoms with van der Waals surface area (Å²) in [7, 11) is 0. The molecule has 1 unspecified atom stereocenters. The average molecular weight is 207 g/mol. The Morgan fingerprint density at radius 1 is 1.33 bits per heavy atom. The Balaban J connectivity index is 2.28. The van der Waals surface area contributed by atoms with Gasteiger partial charge in [0.05, 0.1) is 0 Å². The van der Waals surface area contributed by atoms with Crippen LogP contribution >= 0.6 is 0 Å². The molecule has 0 aromatic carbocycles. The number of pyridine rings is 1. The molecule has 15 heavy (non-hydrogen) atoms. The Labute approximate surface area is 92.1 Å². The van der Waals surface area contributed by atoms with Crippen LogP contribution in [-0.2, 0) is 6.42 Å². The molecule has 0 amide bonds. The van der Waals surface area contributed by atoms with E-state index in [0.717, 1.165) is 19.3 Å². The van der Waals surface area contributed by atoms with Crippen molar-refractivity contribution in [3.05, 3.63) is 30.1 Å². The molecule has 0 saturated heterocycles. The fourth-order valence-electron chi connectivity index (χ4n) is 1.65. The summed E-state index contributed by atoms with van der Waals surface area (Å²) >= 11 is 0. The molecule has 0 aliphatic heterocycles. The highest BCUT2D eigenvalue weighted by molar-refractivity contribution is 5.09. The van der Waals surface area contributed by atoms with Gasteiger partial charge in [-0.15, -0.1) is 0 Å². The molecule has 0 fully saturated rings. The molecule has 3 N–H and O–H groups in total. The minimum Gasteiger partial charge on any atom is -0.271 e. The number of aromatic nitrogens is 1. The second-order valence-electron chi connectivity index (χ2n) is 3.90. The second kappa shape index (κ2) is 7.37. The number of aryl methyl sites for hydroxylation is 1. The number of rotatable bonds is 7. The fourth-order valence-corrected chi connectivity index (χ4v) is 1.65. The third kappa shape index (κ3) is 4.91. The molecular weight excluding hydrogens is 186 g/mol. The molecule has 84 valence electrons. The quantitative estimate of drug-likeness (QED) is 0.531. The van der Waals surface area contributed by atoms with Gasteiger partial charge >= 0.3 is 0 Å². The van der Waals surface area contributed by atoms with Crippen LogP contribution in [0.15, 0.2) is 24.5 Å². The Hall–Kier alpha value is -0.930. The molecule has 1 heterocycles. The van der Waals surface area contributed by atoms with Crippen molar-refractivity contribution in [1.29, 1.82) is 0 Å². The van der Waals surface area contributed by atoms with E-state index in [1.165, 1.54) is 18.4 Å². The topological polar surface area (TPSA) is 50.9 Å². The van der Waals surface area contributed by atoms with Crippen molar-refractivity contribution in [3.8, 4) is 0 Å². The second-order valence-corrected chi connectivity index (χ2v) is 3.90. The first kappa shape index (κ1) is 12.1. The van der Waals surface area contributed by atoms with Crippen LogP contribution in [0.25, 0.3) is 0 Å². The third-order valence-electron chi connectivity index (χ3n) is 2.67. The number of nitrogens with two attached hydrogens (primary N) is 1. The van der Waals surface area contributed by atoms with E-state index in [1.54, 1.807) is 0 Å². The molecule has 0 aliphatic rings. The average Bonchev–Trinajstić information content (AvgIpc) is 2.31. The number of nitrogens with one attached hydrogen (secondary N) is 1. The standard InChI is InChI=1S/C12H21N3/c1-2-3-4-12(15-13)6-5-11-7-9-14-10-8-11/h7-10,12,15H,2-6,13H2,1H3. The minimum absolute atomic E-state index is 0.443. The zero-order valence-corrected chi connectivity index (χ0v) is 9.45. The van der Waals surface area contributed by atoms with Gasteiger partial charge in [0.2, 0.25) is 0 Å². The van der Waals surface area contributed by atoms with E-state index >= 15 is 0 Å². The Morgan fingerprint density at radius 2 is 2.07 bits per heavy atom. The lowest BCUT2D eigenvalue weighted by Gasteiger charge is -2.14. The normalized spacial score (nSPS) is 12.7. The van der Waals surface area contributed by atoms with Crippen LogP contribution in [0.5, 0.6) is 0 Å². The van der Waals surface area contributed by atoms with Gasteiger partial charge in [-0.25, -0.2) is 0 Å². The molecular formula is C12H21N3. The van der Waals surface area contributed by atoms with Gasteiger partial charge < -0.3 is 0 Å². The maximum absolute atomic E-state index is 5.52. The predicted octanol–water partition coefficient (Wildman–Crippen LogP) is 2.04. The highest BCUT2D eigenvalue weighted by Gasteiger charge is 2.05. The number of unbranched alkanes of at least 4 members (excludes halogenated alkanes) is 1. The minimum atomic E-state index is 0.443. The molecule has 1 aromatic rings. The van der Waals surface area contributed by atoms with Crippen molar-refractivity contribution in [2.75, 3.05) is 0 Å². The SMILES string of the molecule is CCCCC(CCc1ccncc1)NN. The summed E-state index contributed by atoms with van der Waals surface area (Å²) in [5, 5.41) is 0. The molecule has 1 aromatic heterocycles. The Morgan fingerprint density at radius 3 is 2.67 bits per heavy atom. The smallest absolute Gasteiger partial charge is 0.0270 e. The van der Waals surface area contributed by atoms with E-state index in [4.69, 9.17) is 5.84 Å². The number of hydrazine groups is 1. The summed E-state index contributed by atoms with van der Waals surface area (Å²) in [6, 6.07) is 4.57. The number of hydrogen-bond acceptors (Lipinski definition) is 3. The molecule has 0 radical (unpaired) electrons. The van der Waals surface area contributed by atoms with Crippen molar-refractivity contribution in [1.82, 2.24) is 10.4 Å². The van der Waals surface area contributed by atoms with Gasteiger partial charge in [0.25, 0.3) is 0 Å². The summed E-state index contributed by atoms with van der Waals surface area (Å²) in [5.74, 6) is 5.52. The molecule has 0 saturated carbocycles. The van der Waals surface area contributed by atoms with E-state index in [2.05, 4.69) is 29.5 Å². The summed E-state index contributed by atoms with van der Waals surface area (Å²) in [4.78, 5) is 4.00. The number of hydrogen-bond donors (Lipinski definition) is 2. The zero-order chi connectivity index (χ0) is 10.9. The van der Waals surface area contributed by atoms with Crippen LogP contribution in [0.1, 0.15) is 38.2 Å². The third-order valence-corrected chi connectivity index (χ3v) is 2.67. The maximum Gasteiger partial charge on any atom is 0.0270 e. The molecule has 0 aliphatic carbocycles. The van der Waals surface area contributed by atoms with Crippen molar-refractivity contribution in [3.63, 3.8) is 0 Å². The van der Waals surface area contributed by atoms with E-state index in [9.17, 15) is 0 Å². The molecule has 1 rings (SSSR count). The van der Waals surface area contributed by atoms with Gasteiger partial charge in [-0.3, -0.25) is 16.3 Å². The van der Waals surface area contributed by atoms with Gasteiger partial charge in [-0.05, 0) is 37.0 Å². The van der Waals surface area contributed by atoms with Crippen LogP contribution in [0.4, 0.5) is 0 Å². The summed E-state index contributed by atoms with van der Waals surface area (Å²) in [6.45, 7) is 2.20. The molecule has 0 bridgehead atoms. The monoisotopic (exact) mass is 207 g/mol. The van der Waals surface area contributed by atoms with E-state index in [1.807, 2.05) is 12.4 Å². The Kier molecular flexibility index (Phi) is 5.97. The highest BCUT2D eigenvalue weighted by Crippen LogP contribution is 2.08. The van der Waals surface area contributed by atoms with Crippen LogP contribution < -0.4 is 11.3 Å². The predicted molar refractivity (Wildman–Crippen MR) is 63.2 cm³/mol.